The molecule has 4 atom stereocenters. The molecule has 1 amide bonds. The van der Waals surface area contributed by atoms with Crippen molar-refractivity contribution in [2.45, 2.75) is 90.8 Å². The summed E-state index contributed by atoms with van der Waals surface area (Å²) in [5.41, 5.74) is 0. The van der Waals surface area contributed by atoms with Crippen LogP contribution in [0.3, 0.4) is 0 Å². The van der Waals surface area contributed by atoms with E-state index in [0.717, 1.165) is 38.1 Å². The van der Waals surface area contributed by atoms with E-state index in [4.69, 9.17) is 0 Å². The molecule has 2 fully saturated rings. The van der Waals surface area contributed by atoms with Gasteiger partial charge in [0, 0.05) is 6.54 Å². The van der Waals surface area contributed by atoms with Gasteiger partial charge in [0.1, 0.15) is 0 Å². The second-order valence-corrected chi connectivity index (χ2v) is 7.18. The fourth-order valence-corrected chi connectivity index (χ4v) is 4.01. The lowest BCUT2D eigenvalue weighted by atomic mass is 9.80. The Hall–Kier alpha value is -0.570. The van der Waals surface area contributed by atoms with Gasteiger partial charge < -0.3 is 4.90 Å². The van der Waals surface area contributed by atoms with Crippen LogP contribution in [0.1, 0.15) is 78.6 Å². The van der Waals surface area contributed by atoms with E-state index in [2.05, 4.69) is 31.0 Å². The van der Waals surface area contributed by atoms with Crippen molar-refractivity contribution in [3.05, 3.63) is 0 Å². The lowest BCUT2D eigenvalue weighted by molar-refractivity contribution is -0.131. The highest BCUT2D eigenvalue weighted by Crippen LogP contribution is 2.32. The van der Waals surface area contributed by atoms with E-state index in [-0.39, 0.29) is 6.04 Å². The average molecular weight is 294 g/mol. The van der Waals surface area contributed by atoms with Crippen molar-refractivity contribution in [1.29, 1.82) is 0 Å². The van der Waals surface area contributed by atoms with Gasteiger partial charge in [-0.15, -0.1) is 0 Å². The summed E-state index contributed by atoms with van der Waals surface area (Å²) in [4.78, 5) is 14.9. The summed E-state index contributed by atoms with van der Waals surface area (Å²) in [6.45, 7) is 7.78. The Bertz CT molecular complexity index is 331. The van der Waals surface area contributed by atoms with Crippen LogP contribution in [0.25, 0.3) is 0 Å². The maximum atomic E-state index is 12.7. The Morgan fingerprint density at radius 2 is 1.90 bits per heavy atom. The highest BCUT2D eigenvalue weighted by Gasteiger charge is 2.39. The smallest absolute Gasteiger partial charge is 0.241 e. The van der Waals surface area contributed by atoms with Crippen LogP contribution in [0.4, 0.5) is 0 Å². The third-order valence-electron chi connectivity index (χ3n) is 5.48. The van der Waals surface area contributed by atoms with Crippen LogP contribution in [-0.2, 0) is 4.79 Å². The topological polar surface area (TPSA) is 32.3 Å². The van der Waals surface area contributed by atoms with Crippen molar-refractivity contribution in [3.63, 3.8) is 0 Å². The summed E-state index contributed by atoms with van der Waals surface area (Å²) in [7, 11) is 0. The predicted molar refractivity (Wildman–Crippen MR) is 88.0 cm³/mol. The van der Waals surface area contributed by atoms with Crippen molar-refractivity contribution in [3.8, 4) is 0 Å². The number of hydrogen-bond acceptors (Lipinski definition) is 2. The SMILES string of the molecule is CCCCC1NC(CCC)N(CC2CCCCC2C)C1=O. The first-order valence-corrected chi connectivity index (χ1v) is 9.23. The van der Waals surface area contributed by atoms with Crippen LogP contribution < -0.4 is 5.32 Å². The van der Waals surface area contributed by atoms with Gasteiger partial charge in [0.05, 0.1) is 12.2 Å². The molecule has 0 aromatic carbocycles. The summed E-state index contributed by atoms with van der Waals surface area (Å²) in [6, 6.07) is 0.0837. The van der Waals surface area contributed by atoms with Gasteiger partial charge in [0.25, 0.3) is 0 Å². The zero-order valence-electron chi connectivity index (χ0n) is 14.2. The van der Waals surface area contributed by atoms with Gasteiger partial charge in [-0.2, -0.15) is 0 Å². The van der Waals surface area contributed by atoms with E-state index in [0.29, 0.717) is 18.0 Å². The predicted octanol–water partition coefficient (Wildman–Crippen LogP) is 3.93. The maximum absolute atomic E-state index is 12.7. The summed E-state index contributed by atoms with van der Waals surface area (Å²) >= 11 is 0. The number of carbonyl (C=O) groups excluding carboxylic acids is 1. The molecule has 0 radical (unpaired) electrons. The van der Waals surface area contributed by atoms with Gasteiger partial charge >= 0.3 is 0 Å². The van der Waals surface area contributed by atoms with E-state index in [1.165, 1.54) is 32.1 Å². The van der Waals surface area contributed by atoms with Gasteiger partial charge in [-0.1, -0.05) is 59.3 Å². The maximum Gasteiger partial charge on any atom is 0.241 e. The normalized spacial score (nSPS) is 33.7. The number of nitrogens with zero attached hydrogens (tertiary/aromatic N) is 1. The first kappa shape index (κ1) is 16.8. The van der Waals surface area contributed by atoms with Crippen LogP contribution in [0.2, 0.25) is 0 Å². The molecular formula is C18H34N2O. The zero-order valence-corrected chi connectivity index (χ0v) is 14.2. The summed E-state index contributed by atoms with van der Waals surface area (Å²) in [5.74, 6) is 1.87. The largest absolute Gasteiger partial charge is 0.326 e. The lowest BCUT2D eigenvalue weighted by Crippen LogP contribution is -2.42. The number of rotatable bonds is 7. The number of unbranched alkanes of at least 4 members (excludes halogenated alkanes) is 1. The summed E-state index contributed by atoms with van der Waals surface area (Å²) in [6.07, 6.45) is 11.2. The van der Waals surface area contributed by atoms with Gasteiger partial charge in [-0.3, -0.25) is 10.1 Å². The van der Waals surface area contributed by atoms with Crippen LogP contribution in [0, 0.1) is 11.8 Å². The van der Waals surface area contributed by atoms with E-state index < -0.39 is 0 Å². The molecule has 1 saturated heterocycles. The molecule has 0 aromatic rings. The Morgan fingerprint density at radius 3 is 2.57 bits per heavy atom. The molecule has 122 valence electrons. The fraction of sp³-hybridized carbons (Fsp3) is 0.944. The van der Waals surface area contributed by atoms with Gasteiger partial charge in [-0.25, -0.2) is 0 Å². The molecule has 0 spiro atoms. The molecule has 1 heterocycles. The molecule has 1 aliphatic heterocycles. The van der Waals surface area contributed by atoms with Crippen molar-refractivity contribution in [2.75, 3.05) is 6.54 Å². The Balaban J connectivity index is 1.97. The monoisotopic (exact) mass is 294 g/mol. The molecule has 3 nitrogen and oxygen atoms in total. The van der Waals surface area contributed by atoms with Crippen LogP contribution >= 0.6 is 0 Å². The van der Waals surface area contributed by atoms with Gasteiger partial charge in [0.15, 0.2) is 0 Å². The molecule has 3 heteroatoms. The van der Waals surface area contributed by atoms with Crippen molar-refractivity contribution in [2.24, 2.45) is 11.8 Å². The molecule has 2 aliphatic rings. The molecule has 2 rings (SSSR count). The third kappa shape index (κ3) is 4.21. The van der Waals surface area contributed by atoms with Crippen LogP contribution in [-0.4, -0.2) is 29.6 Å². The summed E-state index contributed by atoms with van der Waals surface area (Å²) < 4.78 is 0. The van der Waals surface area contributed by atoms with Crippen molar-refractivity contribution < 1.29 is 4.79 Å². The molecule has 21 heavy (non-hydrogen) atoms. The summed E-state index contributed by atoms with van der Waals surface area (Å²) in [5, 5.41) is 3.61. The van der Waals surface area contributed by atoms with Gasteiger partial charge in [0.2, 0.25) is 5.91 Å². The third-order valence-corrected chi connectivity index (χ3v) is 5.48. The molecular weight excluding hydrogens is 260 g/mol. The number of hydrogen-bond donors (Lipinski definition) is 1. The first-order valence-electron chi connectivity index (χ1n) is 9.23. The molecule has 1 saturated carbocycles. The highest BCUT2D eigenvalue weighted by molar-refractivity contribution is 5.84. The minimum atomic E-state index is 0.0837. The fourth-order valence-electron chi connectivity index (χ4n) is 4.01. The number of nitrogens with one attached hydrogen (secondary N) is 1. The Morgan fingerprint density at radius 1 is 1.14 bits per heavy atom. The quantitative estimate of drug-likeness (QED) is 0.771. The molecule has 0 bridgehead atoms. The molecule has 1 aliphatic carbocycles. The van der Waals surface area contributed by atoms with E-state index >= 15 is 0 Å². The standard InChI is InChI=1S/C18H34N2O/c1-4-6-12-16-18(21)20(17(19-16)9-5-2)13-15-11-8-7-10-14(15)3/h14-17,19H,4-13H2,1-3H3. The molecule has 1 N–H and O–H groups in total. The highest BCUT2D eigenvalue weighted by atomic mass is 16.2. The van der Waals surface area contributed by atoms with E-state index in [1.807, 2.05) is 0 Å². The lowest BCUT2D eigenvalue weighted by Gasteiger charge is -2.34. The van der Waals surface area contributed by atoms with E-state index in [1.54, 1.807) is 0 Å². The first-order chi connectivity index (χ1) is 10.2. The number of amides is 1. The number of carbonyl (C=O) groups is 1. The van der Waals surface area contributed by atoms with Gasteiger partial charge in [-0.05, 0) is 31.1 Å². The Labute approximate surface area is 130 Å². The van der Waals surface area contributed by atoms with Crippen LogP contribution in [0.15, 0.2) is 0 Å². The zero-order chi connectivity index (χ0) is 15.2. The molecule has 0 aromatic heterocycles. The minimum absolute atomic E-state index is 0.0837. The molecule has 4 unspecified atom stereocenters. The van der Waals surface area contributed by atoms with E-state index in [9.17, 15) is 4.79 Å². The second-order valence-electron chi connectivity index (χ2n) is 7.18. The second kappa shape index (κ2) is 8.17. The minimum Gasteiger partial charge on any atom is -0.326 e. The average Bonchev–Trinajstić information content (AvgIpc) is 2.76. The van der Waals surface area contributed by atoms with Crippen molar-refractivity contribution in [1.82, 2.24) is 10.2 Å². The van der Waals surface area contributed by atoms with Crippen LogP contribution in [0.5, 0.6) is 0 Å². The van der Waals surface area contributed by atoms with Crippen molar-refractivity contribution >= 4 is 5.91 Å². The Kier molecular flexibility index (Phi) is 6.53.